The van der Waals surface area contributed by atoms with Crippen molar-refractivity contribution in [3.63, 3.8) is 0 Å². The summed E-state index contributed by atoms with van der Waals surface area (Å²) in [7, 11) is 1.50. The normalized spacial score (nSPS) is 11.4. The lowest BCUT2D eigenvalue weighted by molar-refractivity contribution is -0.126. The predicted octanol–water partition coefficient (Wildman–Crippen LogP) is 3.69. The zero-order valence-corrected chi connectivity index (χ0v) is 16.1. The van der Waals surface area contributed by atoms with Crippen LogP contribution in [0.1, 0.15) is 31.1 Å². The number of anilines is 1. The number of rotatable bonds is 8. The van der Waals surface area contributed by atoms with E-state index < -0.39 is 12.1 Å². The van der Waals surface area contributed by atoms with Gasteiger partial charge in [0.15, 0.2) is 17.6 Å². The third-order valence-electron chi connectivity index (χ3n) is 3.98. The minimum atomic E-state index is -0.921. The first-order chi connectivity index (χ1) is 13.0. The molecule has 0 saturated carbocycles. The molecule has 27 heavy (non-hydrogen) atoms. The molecule has 0 unspecified atom stereocenters. The van der Waals surface area contributed by atoms with Crippen molar-refractivity contribution in [2.75, 3.05) is 25.2 Å². The molecule has 6 heteroatoms. The maximum atomic E-state index is 12.7. The number of ether oxygens (including phenoxy) is 3. The molecule has 0 aliphatic carbocycles. The summed E-state index contributed by atoms with van der Waals surface area (Å²) in [6, 6.07) is 14.0. The van der Waals surface area contributed by atoms with Crippen LogP contribution in [0, 0.1) is 0 Å². The Hall–Kier alpha value is -3.02. The van der Waals surface area contributed by atoms with Gasteiger partial charge in [-0.3, -0.25) is 4.79 Å². The minimum Gasteiger partial charge on any atom is -0.493 e. The van der Waals surface area contributed by atoms with Crippen molar-refractivity contribution in [1.29, 1.82) is 0 Å². The number of benzene rings is 2. The van der Waals surface area contributed by atoms with Gasteiger partial charge in [0, 0.05) is 12.2 Å². The number of esters is 1. The van der Waals surface area contributed by atoms with E-state index in [1.807, 2.05) is 44.2 Å². The SMILES string of the molecule is CCOc1ccc(C(=O)O[C@H](C)C(=O)N(CC)c2ccccc2)cc1OC. The second-order valence-electron chi connectivity index (χ2n) is 5.76. The standard InChI is InChI=1S/C21H25NO5/c1-5-22(17-10-8-7-9-11-17)20(23)15(3)27-21(24)16-12-13-18(26-6-2)19(14-16)25-4/h7-15H,5-6H2,1-4H3/t15-/m1/s1. The number of carbonyl (C=O) groups excluding carboxylic acids is 2. The van der Waals surface area contributed by atoms with Crippen LogP contribution in [-0.2, 0) is 9.53 Å². The summed E-state index contributed by atoms with van der Waals surface area (Å²) >= 11 is 0. The quantitative estimate of drug-likeness (QED) is 0.662. The molecule has 2 aromatic rings. The number of hydrogen-bond donors (Lipinski definition) is 0. The Labute approximate surface area is 159 Å². The Bertz CT molecular complexity index is 775. The number of hydrogen-bond acceptors (Lipinski definition) is 5. The van der Waals surface area contributed by atoms with Crippen molar-refractivity contribution in [3.05, 3.63) is 54.1 Å². The molecule has 0 saturated heterocycles. The topological polar surface area (TPSA) is 65.1 Å². The fourth-order valence-corrected chi connectivity index (χ4v) is 2.64. The summed E-state index contributed by atoms with van der Waals surface area (Å²) in [5, 5.41) is 0. The van der Waals surface area contributed by atoms with E-state index in [9.17, 15) is 9.59 Å². The summed E-state index contributed by atoms with van der Waals surface area (Å²) in [5.74, 6) is 0.0999. The van der Waals surface area contributed by atoms with E-state index in [0.29, 0.717) is 24.7 Å². The van der Waals surface area contributed by atoms with E-state index in [1.54, 1.807) is 30.0 Å². The van der Waals surface area contributed by atoms with Crippen molar-refractivity contribution < 1.29 is 23.8 Å². The van der Waals surface area contributed by atoms with Gasteiger partial charge in [0.25, 0.3) is 5.91 Å². The van der Waals surface area contributed by atoms with Crippen LogP contribution >= 0.6 is 0 Å². The van der Waals surface area contributed by atoms with Crippen molar-refractivity contribution in [3.8, 4) is 11.5 Å². The lowest BCUT2D eigenvalue weighted by Crippen LogP contribution is -2.40. The number of carbonyl (C=O) groups is 2. The van der Waals surface area contributed by atoms with Gasteiger partial charge in [-0.15, -0.1) is 0 Å². The average molecular weight is 371 g/mol. The van der Waals surface area contributed by atoms with E-state index in [0.717, 1.165) is 5.69 Å². The Morgan fingerprint density at radius 1 is 1.04 bits per heavy atom. The highest BCUT2D eigenvalue weighted by atomic mass is 16.5. The fourth-order valence-electron chi connectivity index (χ4n) is 2.64. The molecule has 0 aliphatic rings. The highest BCUT2D eigenvalue weighted by Gasteiger charge is 2.25. The van der Waals surface area contributed by atoms with Gasteiger partial charge < -0.3 is 19.1 Å². The Morgan fingerprint density at radius 2 is 1.74 bits per heavy atom. The molecule has 144 valence electrons. The smallest absolute Gasteiger partial charge is 0.339 e. The first kappa shape index (κ1) is 20.3. The van der Waals surface area contributed by atoms with E-state index >= 15 is 0 Å². The van der Waals surface area contributed by atoms with Crippen molar-refractivity contribution in [1.82, 2.24) is 0 Å². The fraction of sp³-hybridized carbons (Fsp3) is 0.333. The van der Waals surface area contributed by atoms with Gasteiger partial charge in [-0.25, -0.2) is 4.79 Å². The van der Waals surface area contributed by atoms with Crippen molar-refractivity contribution in [2.45, 2.75) is 26.9 Å². The molecule has 0 N–H and O–H groups in total. The molecule has 6 nitrogen and oxygen atoms in total. The number of likely N-dealkylation sites (N-methyl/N-ethyl adjacent to an activating group) is 1. The zero-order chi connectivity index (χ0) is 19.8. The summed E-state index contributed by atoms with van der Waals surface area (Å²) in [6.45, 7) is 6.26. The molecule has 0 aromatic heterocycles. The van der Waals surface area contributed by atoms with Crippen molar-refractivity contribution in [2.24, 2.45) is 0 Å². The average Bonchev–Trinajstić information content (AvgIpc) is 2.69. The van der Waals surface area contributed by atoms with E-state index in [-0.39, 0.29) is 11.5 Å². The lowest BCUT2D eigenvalue weighted by Gasteiger charge is -2.24. The van der Waals surface area contributed by atoms with Crippen LogP contribution in [0.15, 0.2) is 48.5 Å². The van der Waals surface area contributed by atoms with Gasteiger partial charge in [-0.05, 0) is 51.1 Å². The number of amides is 1. The van der Waals surface area contributed by atoms with Crippen LogP contribution in [-0.4, -0.2) is 38.2 Å². The number of nitrogens with zero attached hydrogens (tertiary/aromatic N) is 1. The molecule has 0 bridgehead atoms. The molecule has 0 heterocycles. The Kier molecular flexibility index (Phi) is 7.23. The van der Waals surface area contributed by atoms with Crippen LogP contribution in [0.3, 0.4) is 0 Å². The first-order valence-corrected chi connectivity index (χ1v) is 8.90. The molecule has 1 amide bonds. The third-order valence-corrected chi connectivity index (χ3v) is 3.98. The molecule has 0 radical (unpaired) electrons. The van der Waals surface area contributed by atoms with Crippen molar-refractivity contribution >= 4 is 17.6 Å². The molecule has 2 aromatic carbocycles. The summed E-state index contributed by atoms with van der Waals surface area (Å²) in [5.41, 5.74) is 1.05. The third kappa shape index (κ3) is 5.00. The highest BCUT2D eigenvalue weighted by Crippen LogP contribution is 2.28. The van der Waals surface area contributed by atoms with Gasteiger partial charge in [0.05, 0.1) is 19.3 Å². The second-order valence-corrected chi connectivity index (χ2v) is 5.76. The summed E-state index contributed by atoms with van der Waals surface area (Å²) in [4.78, 5) is 26.7. The van der Waals surface area contributed by atoms with Gasteiger partial charge in [0.1, 0.15) is 0 Å². The summed E-state index contributed by atoms with van der Waals surface area (Å²) < 4.78 is 16.1. The second kappa shape index (κ2) is 9.62. The van der Waals surface area contributed by atoms with Crippen LogP contribution in [0.25, 0.3) is 0 Å². The monoisotopic (exact) mass is 371 g/mol. The van der Waals surface area contributed by atoms with Gasteiger partial charge >= 0.3 is 5.97 Å². The van der Waals surface area contributed by atoms with E-state index in [2.05, 4.69) is 0 Å². The molecular weight excluding hydrogens is 346 g/mol. The Balaban J connectivity index is 2.11. The van der Waals surface area contributed by atoms with Crippen LogP contribution in [0.4, 0.5) is 5.69 Å². The van der Waals surface area contributed by atoms with E-state index in [1.165, 1.54) is 7.11 Å². The van der Waals surface area contributed by atoms with Gasteiger partial charge in [-0.1, -0.05) is 18.2 Å². The molecule has 0 fully saturated rings. The molecule has 0 aliphatic heterocycles. The maximum absolute atomic E-state index is 12.7. The van der Waals surface area contributed by atoms with E-state index in [4.69, 9.17) is 14.2 Å². The van der Waals surface area contributed by atoms with Crippen LogP contribution in [0.2, 0.25) is 0 Å². The molecule has 1 atom stereocenters. The van der Waals surface area contributed by atoms with Gasteiger partial charge in [-0.2, -0.15) is 0 Å². The van der Waals surface area contributed by atoms with Crippen LogP contribution < -0.4 is 14.4 Å². The van der Waals surface area contributed by atoms with Gasteiger partial charge in [0.2, 0.25) is 0 Å². The molecular formula is C21H25NO5. The lowest BCUT2D eigenvalue weighted by atomic mass is 10.2. The first-order valence-electron chi connectivity index (χ1n) is 8.90. The zero-order valence-electron chi connectivity index (χ0n) is 16.1. The Morgan fingerprint density at radius 3 is 2.33 bits per heavy atom. The highest BCUT2D eigenvalue weighted by molar-refractivity contribution is 5.99. The van der Waals surface area contributed by atoms with Crippen LogP contribution in [0.5, 0.6) is 11.5 Å². The minimum absolute atomic E-state index is 0.282. The predicted molar refractivity (Wildman–Crippen MR) is 104 cm³/mol. The largest absolute Gasteiger partial charge is 0.493 e. The summed E-state index contributed by atoms with van der Waals surface area (Å²) in [6.07, 6.45) is -0.921. The molecule has 2 rings (SSSR count). The maximum Gasteiger partial charge on any atom is 0.339 e. The number of methoxy groups -OCH3 is 1. The molecule has 0 spiro atoms. The number of para-hydroxylation sites is 1.